The van der Waals surface area contributed by atoms with Crippen LogP contribution in [0.4, 0.5) is 8.78 Å². The van der Waals surface area contributed by atoms with E-state index >= 15 is 0 Å². The lowest BCUT2D eigenvalue weighted by Gasteiger charge is -2.10. The smallest absolute Gasteiger partial charge is 0.159 e. The molecular weight excluding hydrogens is 238 g/mol. The van der Waals surface area contributed by atoms with Crippen molar-refractivity contribution in [3.05, 3.63) is 35.4 Å². The van der Waals surface area contributed by atoms with E-state index in [2.05, 4.69) is 0 Å². The minimum absolute atomic E-state index is 0.0378. The number of rotatable bonds is 4. The molecule has 0 bridgehead atoms. The third-order valence-corrected chi connectivity index (χ3v) is 3.07. The van der Waals surface area contributed by atoms with Crippen LogP contribution in [0.15, 0.2) is 18.2 Å². The summed E-state index contributed by atoms with van der Waals surface area (Å²) < 4.78 is 47.1. The Balaban J connectivity index is 2.73. The highest BCUT2D eigenvalue weighted by Crippen LogP contribution is 2.19. The first-order chi connectivity index (χ1) is 7.29. The maximum atomic E-state index is 12.8. The molecule has 16 heavy (non-hydrogen) atoms. The quantitative estimate of drug-likeness (QED) is 0.879. The molecule has 0 aromatic heterocycles. The Hall–Kier alpha value is -1.01. The molecular formula is C10H12F2O3S. The molecule has 1 aromatic rings. The standard InChI is InChI=1S/C10H12F2O3S/c1-16(14,15)5-4-10(13)7-2-3-8(11)9(12)6-7/h2-3,6,10,13H,4-5H2,1H3. The second-order valence-electron chi connectivity index (χ2n) is 3.61. The van der Waals surface area contributed by atoms with Crippen LogP contribution in [0.1, 0.15) is 18.1 Å². The van der Waals surface area contributed by atoms with Gasteiger partial charge < -0.3 is 5.11 Å². The molecule has 1 rings (SSSR count). The zero-order chi connectivity index (χ0) is 12.3. The number of sulfone groups is 1. The SMILES string of the molecule is CS(=O)(=O)CCC(O)c1ccc(F)c(F)c1. The highest BCUT2D eigenvalue weighted by Gasteiger charge is 2.13. The third kappa shape index (κ3) is 3.86. The Kier molecular flexibility index (Phi) is 3.98. The fraction of sp³-hybridized carbons (Fsp3) is 0.400. The van der Waals surface area contributed by atoms with Gasteiger partial charge in [-0.1, -0.05) is 6.07 Å². The molecule has 0 amide bonds. The zero-order valence-electron chi connectivity index (χ0n) is 8.65. The van der Waals surface area contributed by atoms with Gasteiger partial charge in [-0.15, -0.1) is 0 Å². The van der Waals surface area contributed by atoms with Gasteiger partial charge in [0.25, 0.3) is 0 Å². The molecule has 90 valence electrons. The summed E-state index contributed by atoms with van der Waals surface area (Å²) in [7, 11) is -3.17. The van der Waals surface area contributed by atoms with Crippen LogP contribution >= 0.6 is 0 Å². The van der Waals surface area contributed by atoms with Gasteiger partial charge in [-0.2, -0.15) is 0 Å². The Morgan fingerprint density at radius 3 is 2.44 bits per heavy atom. The normalized spacial score (nSPS) is 13.8. The lowest BCUT2D eigenvalue weighted by molar-refractivity contribution is 0.173. The second-order valence-corrected chi connectivity index (χ2v) is 5.87. The van der Waals surface area contributed by atoms with Crippen molar-refractivity contribution in [3.8, 4) is 0 Å². The van der Waals surface area contributed by atoms with Gasteiger partial charge in [-0.05, 0) is 24.1 Å². The van der Waals surface area contributed by atoms with Crippen LogP contribution in [0.3, 0.4) is 0 Å². The van der Waals surface area contributed by atoms with E-state index in [-0.39, 0.29) is 17.7 Å². The summed E-state index contributed by atoms with van der Waals surface area (Å²) in [5.41, 5.74) is 0.169. The van der Waals surface area contributed by atoms with Crippen LogP contribution in [0.5, 0.6) is 0 Å². The van der Waals surface area contributed by atoms with Crippen LogP contribution in [0.25, 0.3) is 0 Å². The summed E-state index contributed by atoms with van der Waals surface area (Å²) in [6.45, 7) is 0. The minimum atomic E-state index is -3.17. The number of benzene rings is 1. The average molecular weight is 250 g/mol. The maximum Gasteiger partial charge on any atom is 0.159 e. The molecule has 1 N–H and O–H groups in total. The van der Waals surface area contributed by atoms with Gasteiger partial charge in [0.05, 0.1) is 11.9 Å². The summed E-state index contributed by atoms with van der Waals surface area (Å²) in [5, 5.41) is 9.55. The topological polar surface area (TPSA) is 54.4 Å². The molecule has 3 nitrogen and oxygen atoms in total. The van der Waals surface area contributed by atoms with Crippen LogP contribution in [-0.2, 0) is 9.84 Å². The number of aliphatic hydroxyl groups is 1. The number of halogens is 2. The molecule has 0 fully saturated rings. The van der Waals surface area contributed by atoms with Crippen molar-refractivity contribution in [1.29, 1.82) is 0 Å². The summed E-state index contributed by atoms with van der Waals surface area (Å²) in [6.07, 6.45) is -0.0978. The molecule has 0 radical (unpaired) electrons. The fourth-order valence-corrected chi connectivity index (χ4v) is 1.86. The lowest BCUT2D eigenvalue weighted by Crippen LogP contribution is -2.08. The summed E-state index contributed by atoms with van der Waals surface area (Å²) >= 11 is 0. The molecule has 1 unspecified atom stereocenters. The van der Waals surface area contributed by atoms with E-state index in [1.165, 1.54) is 6.07 Å². The zero-order valence-corrected chi connectivity index (χ0v) is 9.47. The van der Waals surface area contributed by atoms with E-state index in [9.17, 15) is 22.3 Å². The van der Waals surface area contributed by atoms with Crippen molar-refractivity contribution in [2.24, 2.45) is 0 Å². The first kappa shape index (κ1) is 13.1. The summed E-state index contributed by atoms with van der Waals surface area (Å²) in [4.78, 5) is 0. The number of hydrogen-bond acceptors (Lipinski definition) is 3. The summed E-state index contributed by atoms with van der Waals surface area (Å²) in [5.74, 6) is -2.26. The molecule has 0 aliphatic rings. The van der Waals surface area contributed by atoms with Crippen molar-refractivity contribution in [1.82, 2.24) is 0 Å². The van der Waals surface area contributed by atoms with Gasteiger partial charge in [0, 0.05) is 6.26 Å². The van der Waals surface area contributed by atoms with Crippen molar-refractivity contribution in [2.75, 3.05) is 12.0 Å². The average Bonchev–Trinajstić information content (AvgIpc) is 2.17. The van der Waals surface area contributed by atoms with Crippen molar-refractivity contribution in [2.45, 2.75) is 12.5 Å². The van der Waals surface area contributed by atoms with Gasteiger partial charge in [0.15, 0.2) is 11.6 Å². The second kappa shape index (κ2) is 4.88. The Morgan fingerprint density at radius 2 is 1.94 bits per heavy atom. The first-order valence-corrected chi connectivity index (χ1v) is 6.66. The molecule has 0 spiro atoms. The minimum Gasteiger partial charge on any atom is -0.388 e. The lowest BCUT2D eigenvalue weighted by atomic mass is 10.1. The molecule has 0 aliphatic heterocycles. The van der Waals surface area contributed by atoms with Crippen LogP contribution in [0, 0.1) is 11.6 Å². The molecule has 1 atom stereocenters. The van der Waals surface area contributed by atoms with E-state index in [4.69, 9.17) is 0 Å². The molecule has 0 saturated carbocycles. The van der Waals surface area contributed by atoms with Gasteiger partial charge in [-0.3, -0.25) is 0 Å². The van der Waals surface area contributed by atoms with Crippen molar-refractivity contribution >= 4 is 9.84 Å². The van der Waals surface area contributed by atoms with E-state index in [1.54, 1.807) is 0 Å². The van der Waals surface area contributed by atoms with Gasteiger partial charge in [0.2, 0.25) is 0 Å². The highest BCUT2D eigenvalue weighted by molar-refractivity contribution is 7.90. The first-order valence-electron chi connectivity index (χ1n) is 4.60. The molecule has 6 heteroatoms. The largest absolute Gasteiger partial charge is 0.388 e. The van der Waals surface area contributed by atoms with Gasteiger partial charge >= 0.3 is 0 Å². The molecule has 0 aliphatic carbocycles. The monoisotopic (exact) mass is 250 g/mol. The van der Waals surface area contributed by atoms with Gasteiger partial charge in [-0.25, -0.2) is 17.2 Å². The van der Waals surface area contributed by atoms with Crippen molar-refractivity contribution < 1.29 is 22.3 Å². The predicted octanol–water partition coefficient (Wildman–Crippen LogP) is 1.43. The highest BCUT2D eigenvalue weighted by atomic mass is 32.2. The van der Waals surface area contributed by atoms with Crippen molar-refractivity contribution in [3.63, 3.8) is 0 Å². The van der Waals surface area contributed by atoms with Gasteiger partial charge in [0.1, 0.15) is 9.84 Å². The third-order valence-electron chi connectivity index (χ3n) is 2.09. The number of aliphatic hydroxyl groups excluding tert-OH is 1. The van der Waals surface area contributed by atoms with E-state index in [0.717, 1.165) is 18.4 Å². The molecule has 0 heterocycles. The fourth-order valence-electron chi connectivity index (χ4n) is 1.21. The Labute approximate surface area is 92.6 Å². The predicted molar refractivity (Wildman–Crippen MR) is 55.6 cm³/mol. The number of hydrogen-bond donors (Lipinski definition) is 1. The maximum absolute atomic E-state index is 12.8. The Bertz CT molecular complexity index is 471. The van der Waals surface area contributed by atoms with E-state index in [0.29, 0.717) is 0 Å². The van der Waals surface area contributed by atoms with Crippen LogP contribution in [0.2, 0.25) is 0 Å². The summed E-state index contributed by atoms with van der Waals surface area (Å²) in [6, 6.07) is 2.99. The molecule has 1 aromatic carbocycles. The van der Waals surface area contributed by atoms with E-state index < -0.39 is 27.6 Å². The Morgan fingerprint density at radius 1 is 1.31 bits per heavy atom. The van der Waals surface area contributed by atoms with Crippen LogP contribution < -0.4 is 0 Å². The van der Waals surface area contributed by atoms with E-state index in [1.807, 2.05) is 0 Å². The van der Waals surface area contributed by atoms with Crippen LogP contribution in [-0.4, -0.2) is 25.5 Å². The molecule has 0 saturated heterocycles.